The largest absolute Gasteiger partial charge is 0.368 e. The Morgan fingerprint density at radius 1 is 1.31 bits per heavy atom. The summed E-state index contributed by atoms with van der Waals surface area (Å²) in [5.74, 6) is 0.399. The molecule has 0 bridgehead atoms. The molecular weight excluding hydrogens is 164 g/mol. The number of primary amides is 1. The fraction of sp³-hybridized carbons (Fsp3) is 0.900. The Hall–Kier alpha value is -0.570. The number of carbonyl (C=O) groups is 1. The predicted octanol–water partition coefficient (Wildman–Crippen LogP) is 1.23. The molecule has 0 rings (SSSR count). The fourth-order valence-corrected chi connectivity index (χ4v) is 1.43. The van der Waals surface area contributed by atoms with Crippen molar-refractivity contribution in [3.05, 3.63) is 0 Å². The van der Waals surface area contributed by atoms with Crippen LogP contribution in [-0.2, 0) is 4.79 Å². The Kier molecular flexibility index (Phi) is 4.99. The monoisotopic (exact) mass is 186 g/mol. The van der Waals surface area contributed by atoms with E-state index in [0.717, 1.165) is 6.42 Å². The average molecular weight is 186 g/mol. The zero-order chi connectivity index (χ0) is 10.6. The van der Waals surface area contributed by atoms with Crippen LogP contribution in [0.5, 0.6) is 0 Å². The van der Waals surface area contributed by atoms with E-state index in [0.29, 0.717) is 12.0 Å². The van der Waals surface area contributed by atoms with Crippen molar-refractivity contribution in [2.24, 2.45) is 11.7 Å². The quantitative estimate of drug-likeness (QED) is 0.702. The summed E-state index contributed by atoms with van der Waals surface area (Å²) in [7, 11) is 1.95. The van der Waals surface area contributed by atoms with Crippen molar-refractivity contribution >= 4 is 5.91 Å². The minimum Gasteiger partial charge on any atom is -0.368 e. The Morgan fingerprint density at radius 2 is 1.77 bits per heavy atom. The molecule has 3 heteroatoms. The Labute approximate surface area is 81.3 Å². The second-order valence-corrected chi connectivity index (χ2v) is 4.22. The minimum atomic E-state index is -0.252. The lowest BCUT2D eigenvalue weighted by molar-refractivity contribution is -0.122. The van der Waals surface area contributed by atoms with Crippen LogP contribution < -0.4 is 5.73 Å². The summed E-state index contributed by atoms with van der Waals surface area (Å²) in [4.78, 5) is 12.9. The zero-order valence-electron chi connectivity index (χ0n) is 9.37. The van der Waals surface area contributed by atoms with Crippen molar-refractivity contribution in [2.45, 2.75) is 46.2 Å². The maximum Gasteiger partial charge on any atom is 0.234 e. The standard InChI is InChI=1S/C10H22N2O/c1-7(2)6-8(3)12(5)9(4)10(11)13/h7-9H,6H2,1-5H3,(H2,11,13). The van der Waals surface area contributed by atoms with Gasteiger partial charge in [-0.3, -0.25) is 9.69 Å². The highest BCUT2D eigenvalue weighted by atomic mass is 16.1. The van der Waals surface area contributed by atoms with E-state index in [1.54, 1.807) is 0 Å². The lowest BCUT2D eigenvalue weighted by atomic mass is 10.0. The van der Waals surface area contributed by atoms with Crippen LogP contribution in [0.3, 0.4) is 0 Å². The topological polar surface area (TPSA) is 46.3 Å². The highest BCUT2D eigenvalue weighted by Gasteiger charge is 2.20. The molecule has 2 N–H and O–H groups in total. The molecule has 0 spiro atoms. The lowest BCUT2D eigenvalue weighted by Gasteiger charge is -2.29. The van der Waals surface area contributed by atoms with Crippen LogP contribution >= 0.6 is 0 Å². The number of rotatable bonds is 5. The van der Waals surface area contributed by atoms with Crippen LogP contribution in [0.1, 0.15) is 34.1 Å². The van der Waals surface area contributed by atoms with Gasteiger partial charge in [0.2, 0.25) is 5.91 Å². The summed E-state index contributed by atoms with van der Waals surface area (Å²) in [5, 5.41) is 0. The zero-order valence-corrected chi connectivity index (χ0v) is 9.37. The van der Waals surface area contributed by atoms with E-state index in [4.69, 9.17) is 5.73 Å². The normalized spacial score (nSPS) is 16.2. The van der Waals surface area contributed by atoms with Crippen LogP contribution in [0, 0.1) is 5.92 Å². The summed E-state index contributed by atoms with van der Waals surface area (Å²) < 4.78 is 0. The van der Waals surface area contributed by atoms with Crippen molar-refractivity contribution in [1.82, 2.24) is 4.90 Å². The second-order valence-electron chi connectivity index (χ2n) is 4.22. The van der Waals surface area contributed by atoms with E-state index in [2.05, 4.69) is 20.8 Å². The molecule has 1 amide bonds. The van der Waals surface area contributed by atoms with Gasteiger partial charge < -0.3 is 5.73 Å². The molecule has 0 aliphatic heterocycles. The number of likely N-dealkylation sites (N-methyl/N-ethyl adjacent to an activating group) is 1. The molecule has 0 aliphatic carbocycles. The molecule has 0 saturated heterocycles. The number of amides is 1. The SMILES string of the molecule is CC(C)CC(C)N(C)C(C)C(N)=O. The van der Waals surface area contributed by atoms with E-state index in [1.807, 2.05) is 18.9 Å². The Balaban J connectivity index is 4.08. The summed E-state index contributed by atoms with van der Waals surface area (Å²) in [5.41, 5.74) is 5.22. The van der Waals surface area contributed by atoms with Gasteiger partial charge in [-0.15, -0.1) is 0 Å². The highest BCUT2D eigenvalue weighted by Crippen LogP contribution is 2.11. The second kappa shape index (κ2) is 5.22. The van der Waals surface area contributed by atoms with Crippen molar-refractivity contribution in [3.63, 3.8) is 0 Å². The van der Waals surface area contributed by atoms with Gasteiger partial charge in [0.1, 0.15) is 0 Å². The lowest BCUT2D eigenvalue weighted by Crippen LogP contribution is -2.45. The van der Waals surface area contributed by atoms with Gasteiger partial charge in [0.15, 0.2) is 0 Å². The predicted molar refractivity (Wildman–Crippen MR) is 55.3 cm³/mol. The maximum atomic E-state index is 10.9. The van der Waals surface area contributed by atoms with Gasteiger partial charge in [0.25, 0.3) is 0 Å². The molecule has 2 unspecified atom stereocenters. The number of nitrogens with two attached hydrogens (primary N) is 1. The average Bonchev–Trinajstić information content (AvgIpc) is 2.00. The van der Waals surface area contributed by atoms with Gasteiger partial charge in [0.05, 0.1) is 6.04 Å². The van der Waals surface area contributed by atoms with E-state index >= 15 is 0 Å². The van der Waals surface area contributed by atoms with Gasteiger partial charge in [-0.25, -0.2) is 0 Å². The fourth-order valence-electron chi connectivity index (χ4n) is 1.43. The third kappa shape index (κ3) is 4.27. The van der Waals surface area contributed by atoms with E-state index in [-0.39, 0.29) is 11.9 Å². The molecule has 78 valence electrons. The highest BCUT2D eigenvalue weighted by molar-refractivity contribution is 5.79. The van der Waals surface area contributed by atoms with Crippen molar-refractivity contribution < 1.29 is 4.79 Å². The van der Waals surface area contributed by atoms with Gasteiger partial charge >= 0.3 is 0 Å². The number of carbonyl (C=O) groups excluding carboxylic acids is 1. The molecular formula is C10H22N2O. The van der Waals surface area contributed by atoms with Crippen LogP contribution in [0.25, 0.3) is 0 Å². The summed E-state index contributed by atoms with van der Waals surface area (Å²) in [6, 6.07) is 0.233. The van der Waals surface area contributed by atoms with Crippen molar-refractivity contribution in [2.75, 3.05) is 7.05 Å². The van der Waals surface area contributed by atoms with Crippen LogP contribution in [-0.4, -0.2) is 29.9 Å². The van der Waals surface area contributed by atoms with E-state index < -0.39 is 0 Å². The first-order valence-electron chi connectivity index (χ1n) is 4.87. The van der Waals surface area contributed by atoms with Gasteiger partial charge in [-0.2, -0.15) is 0 Å². The molecule has 0 radical (unpaired) electrons. The first kappa shape index (κ1) is 12.4. The van der Waals surface area contributed by atoms with Crippen LogP contribution in [0.2, 0.25) is 0 Å². The molecule has 3 nitrogen and oxygen atoms in total. The molecule has 0 saturated carbocycles. The minimum absolute atomic E-state index is 0.172. The molecule has 0 aromatic rings. The summed E-state index contributed by atoms with van der Waals surface area (Å²) in [6.45, 7) is 8.33. The van der Waals surface area contributed by atoms with Gasteiger partial charge in [0, 0.05) is 6.04 Å². The molecule has 2 atom stereocenters. The number of nitrogens with zero attached hydrogens (tertiary/aromatic N) is 1. The first-order valence-corrected chi connectivity index (χ1v) is 4.87. The molecule has 0 fully saturated rings. The molecule has 0 aliphatic rings. The van der Waals surface area contributed by atoms with Crippen molar-refractivity contribution in [3.8, 4) is 0 Å². The van der Waals surface area contributed by atoms with Gasteiger partial charge in [-0.1, -0.05) is 13.8 Å². The number of hydrogen-bond acceptors (Lipinski definition) is 2. The number of hydrogen-bond donors (Lipinski definition) is 1. The first-order chi connectivity index (χ1) is 5.86. The smallest absolute Gasteiger partial charge is 0.234 e. The van der Waals surface area contributed by atoms with Crippen molar-refractivity contribution in [1.29, 1.82) is 0 Å². The Morgan fingerprint density at radius 3 is 2.08 bits per heavy atom. The molecule has 0 aromatic heterocycles. The van der Waals surface area contributed by atoms with Gasteiger partial charge in [-0.05, 0) is 33.2 Å². The summed E-state index contributed by atoms with van der Waals surface area (Å²) >= 11 is 0. The Bertz CT molecular complexity index is 168. The van der Waals surface area contributed by atoms with Crippen LogP contribution in [0.15, 0.2) is 0 Å². The van der Waals surface area contributed by atoms with E-state index in [9.17, 15) is 4.79 Å². The molecule has 0 aromatic carbocycles. The van der Waals surface area contributed by atoms with Crippen LogP contribution in [0.4, 0.5) is 0 Å². The van der Waals surface area contributed by atoms with E-state index in [1.165, 1.54) is 0 Å². The molecule has 0 heterocycles. The third-order valence-corrected chi connectivity index (χ3v) is 2.53. The maximum absolute atomic E-state index is 10.9. The molecule has 13 heavy (non-hydrogen) atoms. The summed E-state index contributed by atoms with van der Waals surface area (Å²) in [6.07, 6.45) is 1.09. The third-order valence-electron chi connectivity index (χ3n) is 2.53.